The highest BCUT2D eigenvalue weighted by Gasteiger charge is 2.13. The van der Waals surface area contributed by atoms with E-state index in [0.717, 1.165) is 15.8 Å². The predicted octanol–water partition coefficient (Wildman–Crippen LogP) is 3.88. The average molecular weight is 355 g/mol. The van der Waals surface area contributed by atoms with E-state index in [0.29, 0.717) is 12.0 Å². The fourth-order valence-electron chi connectivity index (χ4n) is 2.07. The molecule has 0 saturated heterocycles. The molecule has 2 aromatic carbocycles. The fourth-order valence-corrected chi connectivity index (χ4v) is 2.66. The fraction of sp³-hybridized carbons (Fsp3) is 0.250. The summed E-state index contributed by atoms with van der Waals surface area (Å²) in [5.74, 6) is 0.409. The van der Waals surface area contributed by atoms with Crippen molar-refractivity contribution in [3.05, 3.63) is 57.8 Å². The van der Waals surface area contributed by atoms with Gasteiger partial charge in [-0.2, -0.15) is 0 Å². The van der Waals surface area contributed by atoms with Gasteiger partial charge in [-0.05, 0) is 51.3 Å². The van der Waals surface area contributed by atoms with Gasteiger partial charge >= 0.3 is 0 Å². The van der Waals surface area contributed by atoms with Crippen LogP contribution in [0, 0.1) is 5.82 Å². The Labute approximate surface area is 131 Å². The van der Waals surface area contributed by atoms with Crippen LogP contribution >= 0.6 is 15.9 Å². The lowest BCUT2D eigenvalue weighted by Crippen LogP contribution is -2.03. The molecule has 2 rings (SSSR count). The van der Waals surface area contributed by atoms with Gasteiger partial charge in [0.15, 0.2) is 11.6 Å². The molecule has 0 aliphatic carbocycles. The molecule has 0 amide bonds. The van der Waals surface area contributed by atoms with Crippen LogP contribution in [0.1, 0.15) is 17.2 Å². The lowest BCUT2D eigenvalue weighted by atomic mass is 10.0. The predicted molar refractivity (Wildman–Crippen MR) is 82.3 cm³/mol. The molecule has 2 aromatic rings. The first-order chi connectivity index (χ1) is 10.0. The van der Waals surface area contributed by atoms with E-state index in [1.807, 2.05) is 18.2 Å². The van der Waals surface area contributed by atoms with E-state index >= 15 is 0 Å². The van der Waals surface area contributed by atoms with Gasteiger partial charge in [-0.15, -0.1) is 0 Å². The van der Waals surface area contributed by atoms with Crippen LogP contribution in [0.3, 0.4) is 0 Å². The van der Waals surface area contributed by atoms with Crippen LogP contribution in [0.5, 0.6) is 11.5 Å². The van der Waals surface area contributed by atoms with Gasteiger partial charge in [-0.3, -0.25) is 0 Å². The quantitative estimate of drug-likeness (QED) is 0.885. The monoisotopic (exact) mass is 354 g/mol. The number of halogens is 2. The number of methoxy groups -OCH3 is 2. The first-order valence-electron chi connectivity index (χ1n) is 6.39. The highest BCUT2D eigenvalue weighted by molar-refractivity contribution is 9.10. The zero-order chi connectivity index (χ0) is 15.4. The van der Waals surface area contributed by atoms with Crippen LogP contribution in [-0.4, -0.2) is 19.3 Å². The third kappa shape index (κ3) is 3.74. The molecule has 3 nitrogen and oxygen atoms in total. The van der Waals surface area contributed by atoms with Gasteiger partial charge in [0.25, 0.3) is 0 Å². The number of hydrogen-bond acceptors (Lipinski definition) is 3. The number of aliphatic hydroxyl groups is 1. The molecule has 21 heavy (non-hydrogen) atoms. The Morgan fingerprint density at radius 3 is 2.33 bits per heavy atom. The van der Waals surface area contributed by atoms with Crippen LogP contribution in [0.4, 0.5) is 4.39 Å². The maximum atomic E-state index is 13.7. The van der Waals surface area contributed by atoms with Crippen LogP contribution in [-0.2, 0) is 6.42 Å². The van der Waals surface area contributed by atoms with Crippen molar-refractivity contribution in [2.45, 2.75) is 12.5 Å². The number of benzene rings is 2. The largest absolute Gasteiger partial charge is 0.496 e. The van der Waals surface area contributed by atoms with Crippen LogP contribution < -0.4 is 9.47 Å². The maximum Gasteiger partial charge on any atom is 0.165 e. The SMILES string of the molecule is COc1ccc(C(O)Cc2ccc(OC)c(Br)c2)cc1F. The average Bonchev–Trinajstić information content (AvgIpc) is 2.47. The standard InChI is InChI=1S/C16H16BrFO3/c1-20-15-5-3-10(7-12(15)17)8-14(19)11-4-6-16(21-2)13(18)9-11/h3-7,9,14,19H,8H2,1-2H3. The Morgan fingerprint density at radius 2 is 1.76 bits per heavy atom. The van der Waals surface area contributed by atoms with E-state index in [-0.39, 0.29) is 5.75 Å². The van der Waals surface area contributed by atoms with E-state index in [1.54, 1.807) is 13.2 Å². The van der Waals surface area contributed by atoms with E-state index in [2.05, 4.69) is 15.9 Å². The van der Waals surface area contributed by atoms with Crippen LogP contribution in [0.2, 0.25) is 0 Å². The lowest BCUT2D eigenvalue weighted by Gasteiger charge is -2.13. The summed E-state index contributed by atoms with van der Waals surface area (Å²) in [6.45, 7) is 0. The Balaban J connectivity index is 2.15. The summed E-state index contributed by atoms with van der Waals surface area (Å²) < 4.78 is 24.5. The second-order valence-corrected chi connectivity index (χ2v) is 5.44. The van der Waals surface area contributed by atoms with Crippen molar-refractivity contribution in [3.63, 3.8) is 0 Å². The molecule has 0 saturated carbocycles. The maximum absolute atomic E-state index is 13.7. The molecular weight excluding hydrogens is 339 g/mol. The first kappa shape index (κ1) is 15.8. The first-order valence-corrected chi connectivity index (χ1v) is 7.18. The highest BCUT2D eigenvalue weighted by atomic mass is 79.9. The second-order valence-electron chi connectivity index (χ2n) is 4.58. The molecule has 112 valence electrons. The molecule has 1 N–H and O–H groups in total. The van der Waals surface area contributed by atoms with Gasteiger partial charge in [0.1, 0.15) is 5.75 Å². The smallest absolute Gasteiger partial charge is 0.165 e. The van der Waals surface area contributed by atoms with Crippen LogP contribution in [0.15, 0.2) is 40.9 Å². The number of rotatable bonds is 5. The van der Waals surface area contributed by atoms with Gasteiger partial charge in [0, 0.05) is 6.42 Å². The number of ether oxygens (including phenoxy) is 2. The Kier molecular flexibility index (Phi) is 5.20. The molecule has 0 spiro atoms. The van der Waals surface area contributed by atoms with E-state index in [1.165, 1.54) is 19.2 Å². The molecule has 0 heterocycles. The van der Waals surface area contributed by atoms with Gasteiger partial charge in [0.2, 0.25) is 0 Å². The summed E-state index contributed by atoms with van der Waals surface area (Å²) in [7, 11) is 3.00. The summed E-state index contributed by atoms with van der Waals surface area (Å²) in [6, 6.07) is 10.0. The third-order valence-corrected chi connectivity index (χ3v) is 3.83. The third-order valence-electron chi connectivity index (χ3n) is 3.21. The Morgan fingerprint density at radius 1 is 1.10 bits per heavy atom. The van der Waals surface area contributed by atoms with Gasteiger partial charge < -0.3 is 14.6 Å². The molecule has 0 fully saturated rings. The highest BCUT2D eigenvalue weighted by Crippen LogP contribution is 2.29. The molecular formula is C16H16BrFO3. The summed E-state index contributed by atoms with van der Waals surface area (Å²) in [4.78, 5) is 0. The van der Waals surface area contributed by atoms with E-state index < -0.39 is 11.9 Å². The van der Waals surface area contributed by atoms with E-state index in [4.69, 9.17) is 9.47 Å². The van der Waals surface area contributed by atoms with Crippen molar-refractivity contribution in [2.75, 3.05) is 14.2 Å². The number of hydrogen-bond donors (Lipinski definition) is 1. The van der Waals surface area contributed by atoms with Crippen molar-refractivity contribution in [3.8, 4) is 11.5 Å². The zero-order valence-corrected chi connectivity index (χ0v) is 13.4. The van der Waals surface area contributed by atoms with Gasteiger partial charge in [-0.25, -0.2) is 4.39 Å². The topological polar surface area (TPSA) is 38.7 Å². The van der Waals surface area contributed by atoms with Gasteiger partial charge in [0.05, 0.1) is 24.8 Å². The van der Waals surface area contributed by atoms with Crippen molar-refractivity contribution >= 4 is 15.9 Å². The summed E-state index contributed by atoms with van der Waals surface area (Å²) in [6.07, 6.45) is -0.403. The molecule has 0 aromatic heterocycles. The molecule has 0 radical (unpaired) electrons. The second kappa shape index (κ2) is 6.91. The Hall–Kier alpha value is -1.59. The van der Waals surface area contributed by atoms with Crippen molar-refractivity contribution in [1.29, 1.82) is 0 Å². The molecule has 0 bridgehead atoms. The number of aliphatic hydroxyl groups excluding tert-OH is 1. The molecule has 5 heteroatoms. The minimum absolute atomic E-state index is 0.165. The Bertz CT molecular complexity index is 631. The zero-order valence-electron chi connectivity index (χ0n) is 11.8. The lowest BCUT2D eigenvalue weighted by molar-refractivity contribution is 0.178. The minimum atomic E-state index is -0.786. The summed E-state index contributed by atoms with van der Waals surface area (Å²) in [5, 5.41) is 10.2. The minimum Gasteiger partial charge on any atom is -0.496 e. The normalized spacial score (nSPS) is 12.0. The molecule has 1 unspecified atom stereocenters. The summed E-state index contributed by atoms with van der Waals surface area (Å²) in [5.41, 5.74) is 1.44. The molecule has 0 aliphatic rings. The van der Waals surface area contributed by atoms with Gasteiger partial charge in [-0.1, -0.05) is 12.1 Å². The van der Waals surface area contributed by atoms with Crippen molar-refractivity contribution in [2.24, 2.45) is 0 Å². The van der Waals surface area contributed by atoms with E-state index in [9.17, 15) is 9.50 Å². The van der Waals surface area contributed by atoms with Crippen LogP contribution in [0.25, 0.3) is 0 Å². The van der Waals surface area contributed by atoms with Crippen molar-refractivity contribution in [1.82, 2.24) is 0 Å². The molecule has 1 atom stereocenters. The van der Waals surface area contributed by atoms with Crippen molar-refractivity contribution < 1.29 is 19.0 Å². The molecule has 0 aliphatic heterocycles. The summed E-state index contributed by atoms with van der Waals surface area (Å²) >= 11 is 3.40.